The Morgan fingerprint density at radius 1 is 1.12 bits per heavy atom. The van der Waals surface area contributed by atoms with Crippen LogP contribution in [0.4, 0.5) is 0 Å². The van der Waals surface area contributed by atoms with Gasteiger partial charge < -0.3 is 19.5 Å². The molecule has 1 aliphatic rings. The Hall–Kier alpha value is -2.69. The molecule has 0 fully saturated rings. The Bertz CT molecular complexity index is 772. The van der Waals surface area contributed by atoms with Crippen molar-refractivity contribution in [1.82, 2.24) is 5.32 Å². The van der Waals surface area contributed by atoms with Gasteiger partial charge >= 0.3 is 0 Å². The Morgan fingerprint density at radius 3 is 2.72 bits per heavy atom. The first-order valence-corrected chi connectivity index (χ1v) is 8.42. The van der Waals surface area contributed by atoms with Crippen molar-refractivity contribution >= 4 is 5.91 Å². The minimum Gasteiger partial charge on any atom is -0.493 e. The van der Waals surface area contributed by atoms with Crippen LogP contribution in [0.1, 0.15) is 36.1 Å². The fourth-order valence-corrected chi connectivity index (χ4v) is 2.64. The normalized spacial score (nSPS) is 13.4. The maximum atomic E-state index is 12.1. The quantitative estimate of drug-likeness (QED) is 0.871. The highest BCUT2D eigenvalue weighted by Gasteiger charge is 2.16. The molecule has 1 atom stereocenters. The zero-order chi connectivity index (χ0) is 17.8. The smallest absolute Gasteiger partial charge is 0.231 e. The minimum atomic E-state index is -0.108. The summed E-state index contributed by atoms with van der Waals surface area (Å²) in [7, 11) is 0. The lowest BCUT2D eigenvalue weighted by Crippen LogP contribution is -2.27. The van der Waals surface area contributed by atoms with Crippen molar-refractivity contribution in [2.45, 2.75) is 33.2 Å². The summed E-state index contributed by atoms with van der Waals surface area (Å²) in [6.07, 6.45) is 0.307. The third-order valence-corrected chi connectivity index (χ3v) is 4.35. The molecule has 0 saturated carbocycles. The third-order valence-electron chi connectivity index (χ3n) is 4.35. The van der Waals surface area contributed by atoms with Gasteiger partial charge in [0.15, 0.2) is 11.5 Å². The molecule has 0 aliphatic carbocycles. The van der Waals surface area contributed by atoms with Crippen LogP contribution in [0.15, 0.2) is 36.4 Å². The van der Waals surface area contributed by atoms with E-state index in [-0.39, 0.29) is 18.7 Å². The van der Waals surface area contributed by atoms with E-state index in [4.69, 9.17) is 14.2 Å². The molecule has 5 heteroatoms. The van der Waals surface area contributed by atoms with Crippen LogP contribution in [-0.4, -0.2) is 19.3 Å². The van der Waals surface area contributed by atoms with Gasteiger partial charge in [0.1, 0.15) is 5.75 Å². The first-order valence-electron chi connectivity index (χ1n) is 8.42. The number of aryl methyl sites for hydroxylation is 2. The summed E-state index contributed by atoms with van der Waals surface area (Å²) in [5, 5.41) is 2.98. The van der Waals surface area contributed by atoms with Gasteiger partial charge in [-0.25, -0.2) is 0 Å². The van der Waals surface area contributed by atoms with E-state index < -0.39 is 0 Å². The molecule has 1 unspecified atom stereocenters. The molecular formula is C20H23NO4. The molecule has 132 valence electrons. The topological polar surface area (TPSA) is 56.8 Å². The van der Waals surface area contributed by atoms with E-state index in [1.807, 2.05) is 50.2 Å². The minimum absolute atomic E-state index is 0.0472. The van der Waals surface area contributed by atoms with Crippen molar-refractivity contribution in [2.24, 2.45) is 0 Å². The molecule has 0 aromatic heterocycles. The molecule has 1 amide bonds. The lowest BCUT2D eigenvalue weighted by molar-refractivity contribution is -0.122. The molecular weight excluding hydrogens is 318 g/mol. The highest BCUT2D eigenvalue weighted by molar-refractivity contribution is 5.76. The van der Waals surface area contributed by atoms with E-state index in [9.17, 15) is 4.79 Å². The Morgan fingerprint density at radius 2 is 1.92 bits per heavy atom. The van der Waals surface area contributed by atoms with Gasteiger partial charge in [-0.05, 0) is 61.7 Å². The summed E-state index contributed by atoms with van der Waals surface area (Å²) in [5.74, 6) is 2.20. The molecule has 0 radical (unpaired) electrons. The van der Waals surface area contributed by atoms with Crippen molar-refractivity contribution in [2.75, 3.05) is 13.4 Å². The average molecular weight is 341 g/mol. The zero-order valence-corrected chi connectivity index (χ0v) is 14.8. The summed E-state index contributed by atoms with van der Waals surface area (Å²) in [5.41, 5.74) is 3.38. The second-order valence-corrected chi connectivity index (χ2v) is 6.25. The van der Waals surface area contributed by atoms with Crippen LogP contribution in [0.5, 0.6) is 17.2 Å². The van der Waals surface area contributed by atoms with Crippen molar-refractivity contribution in [3.05, 3.63) is 53.1 Å². The summed E-state index contributed by atoms with van der Waals surface area (Å²) in [4.78, 5) is 12.1. The highest BCUT2D eigenvalue weighted by Crippen LogP contribution is 2.34. The molecule has 0 bridgehead atoms. The fourth-order valence-electron chi connectivity index (χ4n) is 2.64. The van der Waals surface area contributed by atoms with Gasteiger partial charge in [-0.2, -0.15) is 0 Å². The first-order chi connectivity index (χ1) is 12.0. The van der Waals surface area contributed by atoms with Crippen LogP contribution in [0, 0.1) is 13.8 Å². The number of rotatable bonds is 6. The standard InChI is InChI=1S/C20H23NO4/c1-13-4-6-17(10-14(13)2)23-9-8-20(22)21-15(3)16-5-7-18-19(11-16)25-12-24-18/h4-7,10-11,15H,8-9,12H2,1-3H3,(H,21,22). The molecule has 0 saturated heterocycles. The number of carbonyl (C=O) groups is 1. The number of carbonyl (C=O) groups excluding carboxylic acids is 1. The van der Waals surface area contributed by atoms with E-state index in [0.29, 0.717) is 13.0 Å². The molecule has 1 N–H and O–H groups in total. The van der Waals surface area contributed by atoms with Gasteiger partial charge in [0, 0.05) is 0 Å². The fraction of sp³-hybridized carbons (Fsp3) is 0.350. The van der Waals surface area contributed by atoms with Crippen LogP contribution < -0.4 is 19.5 Å². The molecule has 1 heterocycles. The number of hydrogen-bond acceptors (Lipinski definition) is 4. The predicted molar refractivity (Wildman–Crippen MR) is 95.2 cm³/mol. The van der Waals surface area contributed by atoms with E-state index in [2.05, 4.69) is 12.2 Å². The van der Waals surface area contributed by atoms with Gasteiger partial charge in [-0.3, -0.25) is 4.79 Å². The van der Waals surface area contributed by atoms with Gasteiger partial charge in [-0.15, -0.1) is 0 Å². The Balaban J connectivity index is 1.48. The largest absolute Gasteiger partial charge is 0.493 e. The van der Waals surface area contributed by atoms with Crippen molar-refractivity contribution in [3.8, 4) is 17.2 Å². The summed E-state index contributed by atoms with van der Waals surface area (Å²) in [6.45, 7) is 6.64. The van der Waals surface area contributed by atoms with Crippen LogP contribution in [0.25, 0.3) is 0 Å². The van der Waals surface area contributed by atoms with Crippen LogP contribution in [0.2, 0.25) is 0 Å². The van der Waals surface area contributed by atoms with Crippen molar-refractivity contribution < 1.29 is 19.0 Å². The van der Waals surface area contributed by atoms with Gasteiger partial charge in [-0.1, -0.05) is 12.1 Å². The Labute approximate surface area is 147 Å². The zero-order valence-electron chi connectivity index (χ0n) is 14.8. The van der Waals surface area contributed by atoms with Crippen molar-refractivity contribution in [3.63, 3.8) is 0 Å². The molecule has 2 aromatic carbocycles. The summed E-state index contributed by atoms with van der Waals surface area (Å²) >= 11 is 0. The average Bonchev–Trinajstić information content (AvgIpc) is 3.05. The number of hydrogen-bond donors (Lipinski definition) is 1. The van der Waals surface area contributed by atoms with Crippen LogP contribution in [-0.2, 0) is 4.79 Å². The summed E-state index contributed by atoms with van der Waals surface area (Å²) in [6, 6.07) is 11.5. The molecule has 2 aromatic rings. The van der Waals surface area contributed by atoms with E-state index >= 15 is 0 Å². The second-order valence-electron chi connectivity index (χ2n) is 6.25. The molecule has 3 rings (SSSR count). The SMILES string of the molecule is Cc1ccc(OCCC(=O)NC(C)c2ccc3c(c2)OCO3)cc1C. The number of benzene rings is 2. The highest BCUT2D eigenvalue weighted by atomic mass is 16.7. The third kappa shape index (κ3) is 4.24. The lowest BCUT2D eigenvalue weighted by Gasteiger charge is -2.15. The van der Waals surface area contributed by atoms with Gasteiger partial charge in [0.25, 0.3) is 0 Å². The molecule has 25 heavy (non-hydrogen) atoms. The van der Waals surface area contributed by atoms with E-state index in [1.54, 1.807) is 0 Å². The van der Waals surface area contributed by atoms with Gasteiger partial charge in [0.2, 0.25) is 12.7 Å². The number of nitrogens with one attached hydrogen (secondary N) is 1. The summed E-state index contributed by atoms with van der Waals surface area (Å²) < 4.78 is 16.3. The maximum absolute atomic E-state index is 12.1. The van der Waals surface area contributed by atoms with Crippen molar-refractivity contribution in [1.29, 1.82) is 0 Å². The Kier molecular flexibility index (Phi) is 5.12. The molecule has 0 spiro atoms. The number of amides is 1. The van der Waals surface area contributed by atoms with E-state index in [1.165, 1.54) is 11.1 Å². The molecule has 5 nitrogen and oxygen atoms in total. The first kappa shape index (κ1) is 17.1. The monoisotopic (exact) mass is 341 g/mol. The second kappa shape index (κ2) is 7.47. The molecule has 1 aliphatic heterocycles. The van der Waals surface area contributed by atoms with Crippen LogP contribution >= 0.6 is 0 Å². The lowest BCUT2D eigenvalue weighted by atomic mass is 10.1. The number of ether oxygens (including phenoxy) is 3. The van der Waals surface area contributed by atoms with Gasteiger partial charge in [0.05, 0.1) is 19.1 Å². The number of fused-ring (bicyclic) bond motifs is 1. The maximum Gasteiger partial charge on any atom is 0.231 e. The predicted octanol–water partition coefficient (Wildman–Crippen LogP) is 3.68. The van der Waals surface area contributed by atoms with E-state index in [0.717, 1.165) is 22.8 Å². The van der Waals surface area contributed by atoms with Crippen LogP contribution in [0.3, 0.4) is 0 Å².